The fourth-order valence-electron chi connectivity index (χ4n) is 2.33. The van der Waals surface area contributed by atoms with Crippen LogP contribution in [0.2, 0.25) is 0 Å². The van der Waals surface area contributed by atoms with Crippen molar-refractivity contribution in [3.05, 3.63) is 42.5 Å². The van der Waals surface area contributed by atoms with Crippen LogP contribution in [0.1, 0.15) is 32.3 Å². The van der Waals surface area contributed by atoms with Crippen LogP contribution in [0.5, 0.6) is 0 Å². The molecule has 1 heterocycles. The number of hydrogen-bond acceptors (Lipinski definition) is 3. The molecule has 0 saturated carbocycles. The Morgan fingerprint density at radius 2 is 1.88 bits per heavy atom. The summed E-state index contributed by atoms with van der Waals surface area (Å²) < 4.78 is 1.74. The molecule has 2 N–H and O–H groups in total. The fraction of sp³-hybridized carbons (Fsp3) is 0.471. The Morgan fingerprint density at radius 3 is 2.42 bits per heavy atom. The Hall–Kier alpha value is -1.64. The second-order valence-electron chi connectivity index (χ2n) is 5.50. The van der Waals surface area contributed by atoms with Gasteiger partial charge in [-0.1, -0.05) is 38.8 Å². The Labute approximate surface area is 161 Å². The third kappa shape index (κ3) is 6.10. The van der Waals surface area contributed by atoms with Crippen LogP contribution in [0.15, 0.2) is 41.9 Å². The van der Waals surface area contributed by atoms with E-state index in [0.717, 1.165) is 24.7 Å². The van der Waals surface area contributed by atoms with E-state index in [4.69, 9.17) is 0 Å². The minimum absolute atomic E-state index is 0. The van der Waals surface area contributed by atoms with Gasteiger partial charge in [-0.2, -0.15) is 5.10 Å². The van der Waals surface area contributed by atoms with Gasteiger partial charge in [0.1, 0.15) is 12.7 Å². The molecule has 2 aromatic rings. The number of aromatic nitrogens is 3. The highest BCUT2D eigenvalue weighted by molar-refractivity contribution is 14.0. The summed E-state index contributed by atoms with van der Waals surface area (Å²) >= 11 is 0. The van der Waals surface area contributed by atoms with Crippen LogP contribution in [-0.2, 0) is 6.54 Å². The van der Waals surface area contributed by atoms with Crippen LogP contribution in [-0.4, -0.2) is 34.3 Å². The average molecular weight is 442 g/mol. The monoisotopic (exact) mass is 442 g/mol. The van der Waals surface area contributed by atoms with Gasteiger partial charge in [0, 0.05) is 20.1 Å². The zero-order valence-electron chi connectivity index (χ0n) is 14.6. The zero-order valence-corrected chi connectivity index (χ0v) is 16.9. The smallest absolute Gasteiger partial charge is 0.191 e. The Morgan fingerprint density at radius 1 is 1.17 bits per heavy atom. The molecule has 0 aliphatic heterocycles. The molecule has 132 valence electrons. The number of benzene rings is 1. The second kappa shape index (κ2) is 11.0. The lowest BCUT2D eigenvalue weighted by Gasteiger charge is -2.16. The molecule has 0 bridgehead atoms. The third-order valence-corrected chi connectivity index (χ3v) is 4.02. The minimum atomic E-state index is 0. The predicted octanol–water partition coefficient (Wildman–Crippen LogP) is 2.99. The van der Waals surface area contributed by atoms with E-state index in [1.165, 1.54) is 24.7 Å². The molecule has 1 aromatic carbocycles. The van der Waals surface area contributed by atoms with Crippen LogP contribution in [0.4, 0.5) is 0 Å². The normalized spacial score (nSPS) is 11.2. The maximum atomic E-state index is 4.27. The van der Waals surface area contributed by atoms with E-state index in [0.29, 0.717) is 5.92 Å². The maximum Gasteiger partial charge on any atom is 0.191 e. The van der Waals surface area contributed by atoms with Gasteiger partial charge in [0.15, 0.2) is 5.96 Å². The molecule has 0 fully saturated rings. The zero-order chi connectivity index (χ0) is 16.5. The first kappa shape index (κ1) is 20.4. The van der Waals surface area contributed by atoms with Gasteiger partial charge in [-0.05, 0) is 23.6 Å². The summed E-state index contributed by atoms with van der Waals surface area (Å²) in [6, 6.07) is 8.23. The van der Waals surface area contributed by atoms with Gasteiger partial charge in [-0.3, -0.25) is 4.99 Å². The van der Waals surface area contributed by atoms with E-state index in [9.17, 15) is 0 Å². The molecule has 24 heavy (non-hydrogen) atoms. The quantitative estimate of drug-likeness (QED) is 0.393. The summed E-state index contributed by atoms with van der Waals surface area (Å²) in [4.78, 5) is 8.23. The van der Waals surface area contributed by atoms with E-state index in [-0.39, 0.29) is 24.0 Å². The third-order valence-electron chi connectivity index (χ3n) is 4.02. The first-order valence-electron chi connectivity index (χ1n) is 8.15. The molecule has 1 aromatic heterocycles. The molecular weight excluding hydrogens is 415 g/mol. The van der Waals surface area contributed by atoms with Crippen molar-refractivity contribution in [2.24, 2.45) is 10.9 Å². The van der Waals surface area contributed by atoms with Crippen LogP contribution < -0.4 is 10.6 Å². The van der Waals surface area contributed by atoms with Crippen molar-refractivity contribution < 1.29 is 0 Å². The fourth-order valence-corrected chi connectivity index (χ4v) is 2.33. The standard InChI is InChI=1S/C17H26N6.HI/c1-4-14(5-2)10-20-17(18-3)21-11-15-6-8-16(9-7-15)23-13-19-12-22-23;/h6-9,12-14H,4-5,10-11H2,1-3H3,(H2,18,20,21);1H. The Kier molecular flexibility index (Phi) is 9.36. The molecule has 6 nitrogen and oxygen atoms in total. The number of nitrogens with one attached hydrogen (secondary N) is 2. The Balaban J connectivity index is 0.00000288. The number of guanidine groups is 1. The van der Waals surface area contributed by atoms with Gasteiger partial charge in [0.2, 0.25) is 0 Å². The van der Waals surface area contributed by atoms with Crippen LogP contribution >= 0.6 is 24.0 Å². The Bertz CT molecular complexity index is 590. The summed E-state index contributed by atoms with van der Waals surface area (Å²) in [5.41, 5.74) is 2.20. The van der Waals surface area contributed by atoms with Crippen LogP contribution in [0, 0.1) is 5.92 Å². The molecule has 0 aliphatic carbocycles. The lowest BCUT2D eigenvalue weighted by atomic mass is 10.0. The highest BCUT2D eigenvalue weighted by Crippen LogP contribution is 2.08. The molecule has 0 spiro atoms. The summed E-state index contributed by atoms with van der Waals surface area (Å²) in [5.74, 6) is 1.53. The highest BCUT2D eigenvalue weighted by atomic mass is 127. The first-order valence-corrected chi connectivity index (χ1v) is 8.15. The van der Waals surface area contributed by atoms with Gasteiger partial charge in [-0.25, -0.2) is 9.67 Å². The molecule has 2 rings (SSSR count). The SMILES string of the molecule is CCC(CC)CNC(=NC)NCc1ccc(-n2cncn2)cc1.I. The molecule has 0 unspecified atom stereocenters. The van der Waals surface area contributed by atoms with E-state index in [1.54, 1.807) is 18.1 Å². The molecule has 7 heteroatoms. The van der Waals surface area contributed by atoms with Gasteiger partial charge < -0.3 is 10.6 Å². The lowest BCUT2D eigenvalue weighted by molar-refractivity contribution is 0.481. The van der Waals surface area contributed by atoms with Crippen molar-refractivity contribution in [1.29, 1.82) is 0 Å². The van der Waals surface area contributed by atoms with Gasteiger partial charge in [-0.15, -0.1) is 24.0 Å². The maximum absolute atomic E-state index is 4.27. The first-order chi connectivity index (χ1) is 11.3. The molecule has 0 saturated heterocycles. The molecule has 0 aliphatic rings. The van der Waals surface area contributed by atoms with Crippen LogP contribution in [0.25, 0.3) is 5.69 Å². The van der Waals surface area contributed by atoms with Gasteiger partial charge in [0.25, 0.3) is 0 Å². The molecule has 0 atom stereocenters. The highest BCUT2D eigenvalue weighted by Gasteiger charge is 2.05. The summed E-state index contributed by atoms with van der Waals surface area (Å²) in [6.07, 6.45) is 5.59. The number of aliphatic imine (C=N–C) groups is 1. The number of halogens is 1. The second-order valence-corrected chi connectivity index (χ2v) is 5.50. The molecule has 0 radical (unpaired) electrons. The van der Waals surface area contributed by atoms with Gasteiger partial charge >= 0.3 is 0 Å². The average Bonchev–Trinajstić information content (AvgIpc) is 3.13. The van der Waals surface area contributed by atoms with E-state index < -0.39 is 0 Å². The molecular formula is C17H27IN6. The van der Waals surface area contributed by atoms with Crippen molar-refractivity contribution in [3.63, 3.8) is 0 Å². The van der Waals surface area contributed by atoms with Crippen molar-refractivity contribution in [1.82, 2.24) is 25.4 Å². The van der Waals surface area contributed by atoms with E-state index in [1.807, 2.05) is 12.1 Å². The van der Waals surface area contributed by atoms with E-state index >= 15 is 0 Å². The topological polar surface area (TPSA) is 67.1 Å². The van der Waals surface area contributed by atoms with Crippen molar-refractivity contribution in [2.75, 3.05) is 13.6 Å². The summed E-state index contributed by atoms with van der Waals surface area (Å²) in [5, 5.41) is 10.9. The van der Waals surface area contributed by atoms with Crippen molar-refractivity contribution >= 4 is 29.9 Å². The summed E-state index contributed by atoms with van der Waals surface area (Å²) in [7, 11) is 1.80. The minimum Gasteiger partial charge on any atom is -0.356 e. The molecule has 0 amide bonds. The predicted molar refractivity (Wildman–Crippen MR) is 109 cm³/mol. The van der Waals surface area contributed by atoms with Gasteiger partial charge in [0.05, 0.1) is 5.69 Å². The van der Waals surface area contributed by atoms with Crippen LogP contribution in [0.3, 0.4) is 0 Å². The summed E-state index contributed by atoms with van der Waals surface area (Å²) in [6.45, 7) is 6.14. The van der Waals surface area contributed by atoms with Crippen molar-refractivity contribution in [3.8, 4) is 5.69 Å². The number of rotatable bonds is 7. The van der Waals surface area contributed by atoms with Crippen molar-refractivity contribution in [2.45, 2.75) is 33.2 Å². The lowest BCUT2D eigenvalue weighted by Crippen LogP contribution is -2.39. The number of nitrogens with zero attached hydrogens (tertiary/aromatic N) is 4. The number of hydrogen-bond donors (Lipinski definition) is 2. The largest absolute Gasteiger partial charge is 0.356 e. The van der Waals surface area contributed by atoms with E-state index in [2.05, 4.69) is 51.7 Å².